The number of hydrogen-bond acceptors (Lipinski definition) is 2. The van der Waals surface area contributed by atoms with Crippen LogP contribution in [0.5, 0.6) is 5.75 Å². The highest BCUT2D eigenvalue weighted by molar-refractivity contribution is 5.79. The van der Waals surface area contributed by atoms with Crippen molar-refractivity contribution in [2.45, 2.75) is 32.7 Å². The normalized spacial score (nSPS) is 11.0. The van der Waals surface area contributed by atoms with Crippen LogP contribution in [-0.4, -0.2) is 18.6 Å². The van der Waals surface area contributed by atoms with Gasteiger partial charge in [0.1, 0.15) is 5.75 Å². The molecule has 0 fully saturated rings. The molecule has 16 heavy (non-hydrogen) atoms. The molecule has 0 bridgehead atoms. The van der Waals surface area contributed by atoms with Crippen LogP contribution in [0.4, 0.5) is 0 Å². The van der Waals surface area contributed by atoms with E-state index in [0.717, 1.165) is 11.3 Å². The largest absolute Gasteiger partial charge is 0.497 e. The number of rotatable bonds is 3. The molecule has 1 N–H and O–H groups in total. The Kier molecular flexibility index (Phi) is 3.93. The number of hydrogen-bond donors (Lipinski definition) is 1. The quantitative estimate of drug-likeness (QED) is 0.849. The number of ether oxygens (including phenoxy) is 1. The third-order valence-electron chi connectivity index (χ3n) is 2.04. The topological polar surface area (TPSA) is 38.3 Å². The van der Waals surface area contributed by atoms with Crippen LogP contribution < -0.4 is 10.1 Å². The lowest BCUT2D eigenvalue weighted by Crippen LogP contribution is -2.41. The Morgan fingerprint density at radius 1 is 1.25 bits per heavy atom. The molecule has 0 aliphatic heterocycles. The maximum Gasteiger partial charge on any atom is 0.224 e. The summed E-state index contributed by atoms with van der Waals surface area (Å²) in [7, 11) is 1.63. The van der Waals surface area contributed by atoms with Gasteiger partial charge in [-0.15, -0.1) is 0 Å². The van der Waals surface area contributed by atoms with Crippen LogP contribution in [0, 0.1) is 0 Å². The summed E-state index contributed by atoms with van der Waals surface area (Å²) >= 11 is 0. The van der Waals surface area contributed by atoms with Gasteiger partial charge in [0.05, 0.1) is 13.5 Å². The summed E-state index contributed by atoms with van der Waals surface area (Å²) in [6.45, 7) is 5.91. The standard InChI is InChI=1S/C13H19NO2/c1-13(2,3)14-12(15)9-10-5-7-11(16-4)8-6-10/h5-8H,9H2,1-4H3,(H,14,15). The van der Waals surface area contributed by atoms with E-state index in [4.69, 9.17) is 4.74 Å². The van der Waals surface area contributed by atoms with Crippen LogP contribution in [0.1, 0.15) is 26.3 Å². The molecule has 0 spiro atoms. The molecule has 0 saturated carbocycles. The molecule has 0 aromatic heterocycles. The van der Waals surface area contributed by atoms with E-state index in [1.807, 2.05) is 45.0 Å². The van der Waals surface area contributed by atoms with Crippen molar-refractivity contribution in [1.82, 2.24) is 5.32 Å². The number of methoxy groups -OCH3 is 1. The number of carbonyl (C=O) groups is 1. The molecular formula is C13H19NO2. The van der Waals surface area contributed by atoms with E-state index in [2.05, 4.69) is 5.32 Å². The monoisotopic (exact) mass is 221 g/mol. The van der Waals surface area contributed by atoms with Crippen molar-refractivity contribution in [3.8, 4) is 5.75 Å². The van der Waals surface area contributed by atoms with Crippen LogP contribution >= 0.6 is 0 Å². The second-order valence-electron chi connectivity index (χ2n) is 4.82. The first-order chi connectivity index (χ1) is 7.40. The first kappa shape index (κ1) is 12.6. The van der Waals surface area contributed by atoms with Gasteiger partial charge in [-0.25, -0.2) is 0 Å². The van der Waals surface area contributed by atoms with Gasteiger partial charge in [-0.3, -0.25) is 4.79 Å². The lowest BCUT2D eigenvalue weighted by Gasteiger charge is -2.20. The van der Waals surface area contributed by atoms with Crippen LogP contribution in [0.25, 0.3) is 0 Å². The van der Waals surface area contributed by atoms with Crippen LogP contribution in [0.2, 0.25) is 0 Å². The van der Waals surface area contributed by atoms with E-state index in [0.29, 0.717) is 6.42 Å². The maximum atomic E-state index is 11.6. The molecule has 0 atom stereocenters. The van der Waals surface area contributed by atoms with E-state index in [-0.39, 0.29) is 11.4 Å². The molecule has 1 rings (SSSR count). The molecule has 3 heteroatoms. The predicted molar refractivity (Wildman–Crippen MR) is 64.6 cm³/mol. The van der Waals surface area contributed by atoms with Crippen LogP contribution in [-0.2, 0) is 11.2 Å². The molecule has 1 amide bonds. The van der Waals surface area contributed by atoms with Gasteiger partial charge in [-0.2, -0.15) is 0 Å². The van der Waals surface area contributed by atoms with Crippen LogP contribution in [0.15, 0.2) is 24.3 Å². The highest BCUT2D eigenvalue weighted by atomic mass is 16.5. The summed E-state index contributed by atoms with van der Waals surface area (Å²) in [4.78, 5) is 11.6. The van der Waals surface area contributed by atoms with E-state index in [9.17, 15) is 4.79 Å². The van der Waals surface area contributed by atoms with Gasteiger partial charge in [-0.05, 0) is 38.5 Å². The van der Waals surface area contributed by atoms with Crippen molar-refractivity contribution in [1.29, 1.82) is 0 Å². The van der Waals surface area contributed by atoms with Gasteiger partial charge in [0.15, 0.2) is 0 Å². The van der Waals surface area contributed by atoms with Crippen molar-refractivity contribution in [2.75, 3.05) is 7.11 Å². The number of amides is 1. The summed E-state index contributed by atoms with van der Waals surface area (Å²) in [5.41, 5.74) is 0.811. The minimum atomic E-state index is -0.177. The van der Waals surface area contributed by atoms with Crippen molar-refractivity contribution < 1.29 is 9.53 Å². The summed E-state index contributed by atoms with van der Waals surface area (Å²) in [5.74, 6) is 0.845. The molecule has 0 aliphatic carbocycles. The van der Waals surface area contributed by atoms with E-state index < -0.39 is 0 Å². The fourth-order valence-electron chi connectivity index (χ4n) is 1.39. The molecule has 0 heterocycles. The number of benzene rings is 1. The maximum absolute atomic E-state index is 11.6. The molecule has 0 unspecified atom stereocenters. The average molecular weight is 221 g/mol. The molecule has 1 aromatic carbocycles. The smallest absolute Gasteiger partial charge is 0.224 e. The van der Waals surface area contributed by atoms with E-state index in [1.54, 1.807) is 7.11 Å². The van der Waals surface area contributed by atoms with Gasteiger partial charge >= 0.3 is 0 Å². The minimum Gasteiger partial charge on any atom is -0.497 e. The van der Waals surface area contributed by atoms with Gasteiger partial charge in [0, 0.05) is 5.54 Å². The summed E-state index contributed by atoms with van der Waals surface area (Å²) in [6.07, 6.45) is 0.404. The van der Waals surface area contributed by atoms with Crippen molar-refractivity contribution in [3.05, 3.63) is 29.8 Å². The minimum absolute atomic E-state index is 0.0395. The lowest BCUT2D eigenvalue weighted by atomic mass is 10.1. The fraction of sp³-hybridized carbons (Fsp3) is 0.462. The molecule has 3 nitrogen and oxygen atoms in total. The molecule has 88 valence electrons. The zero-order valence-electron chi connectivity index (χ0n) is 10.3. The molecule has 0 saturated heterocycles. The van der Waals surface area contributed by atoms with E-state index in [1.165, 1.54) is 0 Å². The zero-order valence-corrected chi connectivity index (χ0v) is 10.3. The van der Waals surface area contributed by atoms with Gasteiger partial charge in [0.25, 0.3) is 0 Å². The van der Waals surface area contributed by atoms with E-state index >= 15 is 0 Å². The van der Waals surface area contributed by atoms with Crippen molar-refractivity contribution in [2.24, 2.45) is 0 Å². The Bertz CT molecular complexity index is 349. The molecule has 1 aromatic rings. The molecule has 0 aliphatic rings. The predicted octanol–water partition coefficient (Wildman–Crippen LogP) is 2.15. The SMILES string of the molecule is COc1ccc(CC(=O)NC(C)(C)C)cc1. The third-order valence-corrected chi connectivity index (χ3v) is 2.04. The third kappa shape index (κ3) is 4.34. The first-order valence-corrected chi connectivity index (χ1v) is 5.34. The Balaban J connectivity index is 2.56. The Hall–Kier alpha value is -1.51. The highest BCUT2D eigenvalue weighted by Gasteiger charge is 2.13. The average Bonchev–Trinajstić information content (AvgIpc) is 2.16. The summed E-state index contributed by atoms with van der Waals surface area (Å²) < 4.78 is 5.05. The fourth-order valence-corrected chi connectivity index (χ4v) is 1.39. The molecular weight excluding hydrogens is 202 g/mol. The summed E-state index contributed by atoms with van der Waals surface area (Å²) in [6, 6.07) is 7.53. The number of nitrogens with one attached hydrogen (secondary N) is 1. The lowest BCUT2D eigenvalue weighted by molar-refractivity contribution is -0.121. The van der Waals surface area contributed by atoms with Crippen LogP contribution in [0.3, 0.4) is 0 Å². The Morgan fingerprint density at radius 3 is 2.25 bits per heavy atom. The van der Waals surface area contributed by atoms with Gasteiger partial charge in [-0.1, -0.05) is 12.1 Å². The Labute approximate surface area is 96.8 Å². The van der Waals surface area contributed by atoms with Gasteiger partial charge in [0.2, 0.25) is 5.91 Å². The second-order valence-corrected chi connectivity index (χ2v) is 4.82. The number of carbonyl (C=O) groups excluding carboxylic acids is 1. The van der Waals surface area contributed by atoms with Crippen molar-refractivity contribution >= 4 is 5.91 Å². The summed E-state index contributed by atoms with van der Waals surface area (Å²) in [5, 5.41) is 2.93. The Morgan fingerprint density at radius 2 is 1.81 bits per heavy atom. The molecule has 0 radical (unpaired) electrons. The highest BCUT2D eigenvalue weighted by Crippen LogP contribution is 2.12. The van der Waals surface area contributed by atoms with Gasteiger partial charge < -0.3 is 10.1 Å². The van der Waals surface area contributed by atoms with Crippen molar-refractivity contribution in [3.63, 3.8) is 0 Å². The second kappa shape index (κ2) is 5.01. The zero-order chi connectivity index (χ0) is 12.2. The first-order valence-electron chi connectivity index (χ1n) is 5.34.